The molecule has 0 fully saturated rings. The minimum atomic E-state index is -4.15. The zero-order valence-corrected chi connectivity index (χ0v) is 15.0. The second kappa shape index (κ2) is 6.17. The summed E-state index contributed by atoms with van der Waals surface area (Å²) >= 11 is 0. The second-order valence-electron chi connectivity index (χ2n) is 5.98. The van der Waals surface area contributed by atoms with Gasteiger partial charge in [-0.3, -0.25) is 0 Å². The van der Waals surface area contributed by atoms with Crippen molar-refractivity contribution >= 4 is 32.1 Å². The number of benzene rings is 3. The van der Waals surface area contributed by atoms with Gasteiger partial charge in [0.15, 0.2) is 11.1 Å². The van der Waals surface area contributed by atoms with Gasteiger partial charge in [-0.25, -0.2) is 4.63 Å². The van der Waals surface area contributed by atoms with E-state index < -0.39 is 10.1 Å². The third-order valence-corrected chi connectivity index (χ3v) is 5.49. The first-order chi connectivity index (χ1) is 13.6. The Labute approximate surface area is 158 Å². The lowest BCUT2D eigenvalue weighted by molar-refractivity contribution is 0.315. The van der Waals surface area contributed by atoms with Crippen molar-refractivity contribution in [3.05, 3.63) is 66.7 Å². The lowest BCUT2D eigenvalue weighted by Crippen LogP contribution is -2.10. The number of hydrogen-bond donors (Lipinski definition) is 0. The van der Waals surface area contributed by atoms with Gasteiger partial charge in [-0.15, -0.1) is 0 Å². The number of nitrogens with zero attached hydrogens (tertiary/aromatic N) is 3. The fourth-order valence-corrected chi connectivity index (χ4v) is 4.00. The third kappa shape index (κ3) is 2.69. The monoisotopic (exact) mass is 393 g/mol. The summed E-state index contributed by atoms with van der Waals surface area (Å²) in [5.41, 5.74) is 2.40. The van der Waals surface area contributed by atoms with E-state index in [-0.39, 0.29) is 16.2 Å². The van der Waals surface area contributed by atoms with E-state index in [0.717, 1.165) is 10.9 Å². The van der Waals surface area contributed by atoms with E-state index in [1.54, 1.807) is 18.2 Å². The number of rotatable bonds is 4. The van der Waals surface area contributed by atoms with Gasteiger partial charge in [0.2, 0.25) is 0 Å². The van der Waals surface area contributed by atoms with Crippen LogP contribution < -0.4 is 4.18 Å². The van der Waals surface area contributed by atoms with Crippen LogP contribution in [0, 0.1) is 0 Å². The molecule has 138 valence electrons. The molecule has 8 nitrogen and oxygen atoms in total. The topological polar surface area (TPSA) is 108 Å². The van der Waals surface area contributed by atoms with Crippen LogP contribution in [0.15, 0.2) is 80.8 Å². The van der Waals surface area contributed by atoms with Crippen molar-refractivity contribution in [1.82, 2.24) is 15.5 Å². The average Bonchev–Trinajstić information content (AvgIpc) is 3.34. The van der Waals surface area contributed by atoms with Gasteiger partial charge in [-0.1, -0.05) is 41.6 Å². The first-order valence-corrected chi connectivity index (χ1v) is 9.63. The summed E-state index contributed by atoms with van der Waals surface area (Å²) in [6.07, 6.45) is 0. The highest BCUT2D eigenvalue weighted by Crippen LogP contribution is 2.31. The van der Waals surface area contributed by atoms with Gasteiger partial charge >= 0.3 is 10.1 Å². The molecule has 0 amide bonds. The van der Waals surface area contributed by atoms with Crippen LogP contribution in [0.4, 0.5) is 0 Å². The molecule has 0 aliphatic carbocycles. The van der Waals surface area contributed by atoms with E-state index in [2.05, 4.69) is 20.1 Å². The molecule has 5 rings (SSSR count). The van der Waals surface area contributed by atoms with Gasteiger partial charge in [0, 0.05) is 17.0 Å². The molecule has 0 bridgehead atoms. The van der Waals surface area contributed by atoms with Gasteiger partial charge in [-0.2, -0.15) is 8.42 Å². The summed E-state index contributed by atoms with van der Waals surface area (Å²) in [6.45, 7) is 0. The highest BCUT2D eigenvalue weighted by Gasteiger charge is 2.23. The Morgan fingerprint density at radius 2 is 1.71 bits per heavy atom. The normalized spacial score (nSPS) is 11.9. The first kappa shape index (κ1) is 16.5. The predicted octanol–water partition coefficient (Wildman–Crippen LogP) is 3.80. The van der Waals surface area contributed by atoms with Gasteiger partial charge in [0.1, 0.15) is 21.9 Å². The average molecular weight is 393 g/mol. The quantitative estimate of drug-likeness (QED) is 0.424. The van der Waals surface area contributed by atoms with E-state index >= 15 is 0 Å². The van der Waals surface area contributed by atoms with E-state index in [1.165, 1.54) is 18.2 Å². The molecular formula is C19H11N3O5S. The highest BCUT2D eigenvalue weighted by molar-refractivity contribution is 7.87. The molecule has 0 radical (unpaired) electrons. The van der Waals surface area contributed by atoms with Crippen LogP contribution in [0.5, 0.6) is 5.75 Å². The van der Waals surface area contributed by atoms with Crippen molar-refractivity contribution in [1.29, 1.82) is 0 Å². The summed E-state index contributed by atoms with van der Waals surface area (Å²) < 4.78 is 40.6. The summed E-state index contributed by atoms with van der Waals surface area (Å²) in [5.74, 6) is 0.0942. The third-order valence-electron chi connectivity index (χ3n) is 4.21. The summed E-state index contributed by atoms with van der Waals surface area (Å²) in [6, 6.07) is 18.8. The van der Waals surface area contributed by atoms with Crippen LogP contribution in [0.2, 0.25) is 0 Å². The number of fused-ring (bicyclic) bond motifs is 2. The smallest absolute Gasteiger partial charge is 0.341 e. The Balaban J connectivity index is 1.53. The summed E-state index contributed by atoms with van der Waals surface area (Å²) in [7, 11) is -4.15. The molecule has 28 heavy (non-hydrogen) atoms. The van der Waals surface area contributed by atoms with Gasteiger partial charge in [0.25, 0.3) is 0 Å². The summed E-state index contributed by atoms with van der Waals surface area (Å²) in [5, 5.41) is 12.1. The Kier molecular flexibility index (Phi) is 3.63. The highest BCUT2D eigenvalue weighted by atomic mass is 32.2. The molecule has 0 atom stereocenters. The molecule has 2 aromatic heterocycles. The van der Waals surface area contributed by atoms with Gasteiger partial charge < -0.3 is 8.71 Å². The molecule has 0 aliphatic heterocycles. The van der Waals surface area contributed by atoms with E-state index in [0.29, 0.717) is 16.8 Å². The molecule has 0 aliphatic rings. The van der Waals surface area contributed by atoms with Crippen LogP contribution in [-0.2, 0) is 10.1 Å². The largest absolute Gasteiger partial charge is 0.379 e. The molecule has 9 heteroatoms. The number of hydrogen-bond acceptors (Lipinski definition) is 8. The maximum atomic E-state index is 12.7. The molecule has 2 heterocycles. The van der Waals surface area contributed by atoms with Crippen molar-refractivity contribution < 1.29 is 21.8 Å². The Morgan fingerprint density at radius 1 is 0.857 bits per heavy atom. The van der Waals surface area contributed by atoms with Crippen LogP contribution in [0.3, 0.4) is 0 Å². The van der Waals surface area contributed by atoms with Crippen LogP contribution in [-0.4, -0.2) is 23.9 Å². The summed E-state index contributed by atoms with van der Waals surface area (Å²) in [4.78, 5) is -0.131. The van der Waals surface area contributed by atoms with Crippen molar-refractivity contribution in [3.8, 4) is 17.0 Å². The second-order valence-corrected chi connectivity index (χ2v) is 7.50. The van der Waals surface area contributed by atoms with Gasteiger partial charge in [0.05, 0.1) is 0 Å². The van der Waals surface area contributed by atoms with Crippen molar-refractivity contribution in [2.45, 2.75) is 4.90 Å². The maximum absolute atomic E-state index is 12.7. The SMILES string of the molecule is O=S(=O)(Oc1ccc2c(-c3ccccc3)noc2c1)c1cccc2nonc12. The maximum Gasteiger partial charge on any atom is 0.341 e. The zero-order valence-electron chi connectivity index (χ0n) is 14.1. The lowest BCUT2D eigenvalue weighted by Gasteiger charge is -2.06. The van der Waals surface area contributed by atoms with E-state index in [1.807, 2.05) is 30.3 Å². The molecule has 0 N–H and O–H groups in total. The molecule has 0 saturated carbocycles. The fraction of sp³-hybridized carbons (Fsp3) is 0. The van der Waals surface area contributed by atoms with Crippen LogP contribution >= 0.6 is 0 Å². The predicted molar refractivity (Wildman–Crippen MR) is 99.1 cm³/mol. The molecule has 3 aromatic carbocycles. The molecular weight excluding hydrogens is 382 g/mol. The van der Waals surface area contributed by atoms with Gasteiger partial charge in [-0.05, 0) is 34.6 Å². The fourth-order valence-electron chi connectivity index (χ4n) is 2.93. The Bertz CT molecular complexity index is 1410. The zero-order chi connectivity index (χ0) is 19.1. The number of aromatic nitrogens is 3. The standard InChI is InChI=1S/C19H11N3O5S/c23-28(24,17-8-4-7-15-19(17)22-27-20-15)26-13-9-10-14-16(11-13)25-21-18(14)12-5-2-1-3-6-12/h1-11H. The minimum Gasteiger partial charge on any atom is -0.379 e. The van der Waals surface area contributed by atoms with Crippen LogP contribution in [0.1, 0.15) is 0 Å². The lowest BCUT2D eigenvalue weighted by atomic mass is 10.1. The van der Waals surface area contributed by atoms with E-state index in [4.69, 9.17) is 8.71 Å². The Hall–Kier alpha value is -3.72. The first-order valence-electron chi connectivity index (χ1n) is 8.22. The Morgan fingerprint density at radius 3 is 2.57 bits per heavy atom. The molecule has 0 saturated heterocycles. The molecule has 0 spiro atoms. The van der Waals surface area contributed by atoms with Crippen LogP contribution in [0.25, 0.3) is 33.3 Å². The molecule has 0 unspecified atom stereocenters. The van der Waals surface area contributed by atoms with Crippen molar-refractivity contribution in [3.63, 3.8) is 0 Å². The molecule has 5 aromatic rings. The van der Waals surface area contributed by atoms with E-state index in [9.17, 15) is 8.42 Å². The van der Waals surface area contributed by atoms with Crippen molar-refractivity contribution in [2.75, 3.05) is 0 Å². The minimum absolute atomic E-state index is 0.0942. The van der Waals surface area contributed by atoms with Crippen molar-refractivity contribution in [2.24, 2.45) is 0 Å².